The first-order valence-electron chi connectivity index (χ1n) is 11.8. The van der Waals surface area contributed by atoms with Crippen molar-refractivity contribution in [1.29, 1.82) is 0 Å². The number of halogens is 1. The zero-order valence-corrected chi connectivity index (χ0v) is 20.3. The molecule has 4 aromatic rings. The Bertz CT molecular complexity index is 1260. The van der Waals surface area contributed by atoms with E-state index in [-0.39, 0.29) is 6.04 Å². The lowest BCUT2D eigenvalue weighted by Gasteiger charge is -2.20. The molecular formula is C27H29ClN4O2. The normalized spacial score (nSPS) is 15.9. The highest BCUT2D eigenvalue weighted by Gasteiger charge is 2.23. The average molecular weight is 477 g/mol. The Morgan fingerprint density at radius 3 is 2.62 bits per heavy atom. The molecule has 1 unspecified atom stereocenters. The van der Waals surface area contributed by atoms with Crippen molar-refractivity contribution in [3.05, 3.63) is 71.8 Å². The molecule has 1 aliphatic rings. The molecule has 0 spiro atoms. The lowest BCUT2D eigenvalue weighted by molar-refractivity contribution is 0.187. The number of hydrogen-bond donors (Lipinski definition) is 0. The van der Waals surface area contributed by atoms with Crippen LogP contribution in [0.15, 0.2) is 61.1 Å². The van der Waals surface area contributed by atoms with Gasteiger partial charge in [-0.1, -0.05) is 55.8 Å². The SMILES string of the molecule is CCN(CC)Cc1ccccc1Oc1ccc(-c2cn(C3CCOC3)c3ncnc(Cl)c23)cc1. The summed E-state index contributed by atoms with van der Waals surface area (Å²) in [6, 6.07) is 16.6. The van der Waals surface area contributed by atoms with E-state index in [9.17, 15) is 0 Å². The van der Waals surface area contributed by atoms with Crippen molar-refractivity contribution in [1.82, 2.24) is 19.4 Å². The largest absolute Gasteiger partial charge is 0.457 e. The van der Waals surface area contributed by atoms with Gasteiger partial charge in [0.25, 0.3) is 0 Å². The second-order valence-corrected chi connectivity index (χ2v) is 8.88. The van der Waals surface area contributed by atoms with E-state index in [1.54, 1.807) is 0 Å². The first-order chi connectivity index (χ1) is 16.7. The highest BCUT2D eigenvalue weighted by Crippen LogP contribution is 2.37. The van der Waals surface area contributed by atoms with Crippen molar-refractivity contribution in [2.45, 2.75) is 32.9 Å². The van der Waals surface area contributed by atoms with Crippen LogP contribution in [0.1, 0.15) is 31.9 Å². The van der Waals surface area contributed by atoms with Crippen molar-refractivity contribution in [2.75, 3.05) is 26.3 Å². The lowest BCUT2D eigenvalue weighted by Crippen LogP contribution is -2.22. The Labute approximate surface area is 205 Å². The topological polar surface area (TPSA) is 52.4 Å². The lowest BCUT2D eigenvalue weighted by atomic mass is 10.1. The van der Waals surface area contributed by atoms with Crippen LogP contribution >= 0.6 is 11.6 Å². The summed E-state index contributed by atoms with van der Waals surface area (Å²) in [6.45, 7) is 8.69. The molecule has 1 fully saturated rings. The fraction of sp³-hybridized carbons (Fsp3) is 0.333. The van der Waals surface area contributed by atoms with Crippen molar-refractivity contribution in [3.8, 4) is 22.6 Å². The molecule has 176 valence electrons. The van der Waals surface area contributed by atoms with Gasteiger partial charge < -0.3 is 14.0 Å². The second-order valence-electron chi connectivity index (χ2n) is 8.53. The third kappa shape index (κ3) is 4.53. The van der Waals surface area contributed by atoms with E-state index in [2.05, 4.69) is 63.7 Å². The number of ether oxygens (including phenoxy) is 2. The van der Waals surface area contributed by atoms with Crippen LogP contribution in [0.3, 0.4) is 0 Å². The van der Waals surface area contributed by atoms with Gasteiger partial charge in [0.2, 0.25) is 0 Å². The average Bonchev–Trinajstić information content (AvgIpc) is 3.53. The van der Waals surface area contributed by atoms with Crippen LogP contribution in [0.25, 0.3) is 22.2 Å². The summed E-state index contributed by atoms with van der Waals surface area (Å²) >= 11 is 6.53. The Morgan fingerprint density at radius 2 is 1.88 bits per heavy atom. The molecule has 0 saturated carbocycles. The van der Waals surface area contributed by atoms with E-state index in [1.165, 1.54) is 11.9 Å². The minimum absolute atomic E-state index is 0.257. The monoisotopic (exact) mass is 476 g/mol. The molecule has 1 saturated heterocycles. The number of nitrogens with zero attached hydrogens (tertiary/aromatic N) is 4. The first-order valence-corrected chi connectivity index (χ1v) is 12.2. The molecule has 1 aliphatic heterocycles. The second kappa shape index (κ2) is 10.1. The highest BCUT2D eigenvalue weighted by molar-refractivity contribution is 6.35. The van der Waals surface area contributed by atoms with Gasteiger partial charge in [-0.05, 0) is 43.3 Å². The number of rotatable bonds is 8. The Kier molecular flexibility index (Phi) is 6.81. The van der Waals surface area contributed by atoms with Gasteiger partial charge in [-0.15, -0.1) is 0 Å². The summed E-state index contributed by atoms with van der Waals surface area (Å²) in [5, 5.41) is 1.33. The molecule has 0 N–H and O–H groups in total. The molecule has 5 rings (SSSR count). The van der Waals surface area contributed by atoms with E-state index >= 15 is 0 Å². The third-order valence-corrected chi connectivity index (χ3v) is 6.80. The molecule has 34 heavy (non-hydrogen) atoms. The highest BCUT2D eigenvalue weighted by atomic mass is 35.5. The van der Waals surface area contributed by atoms with Crippen LogP contribution in [0.4, 0.5) is 0 Å². The molecule has 0 amide bonds. The van der Waals surface area contributed by atoms with Gasteiger partial charge in [-0.2, -0.15) is 0 Å². The minimum atomic E-state index is 0.257. The van der Waals surface area contributed by atoms with Gasteiger partial charge in [0.05, 0.1) is 18.0 Å². The molecule has 2 aromatic heterocycles. The molecular weight excluding hydrogens is 448 g/mol. The van der Waals surface area contributed by atoms with Crippen LogP contribution in [-0.4, -0.2) is 45.7 Å². The predicted molar refractivity (Wildman–Crippen MR) is 136 cm³/mol. The molecule has 0 radical (unpaired) electrons. The predicted octanol–water partition coefficient (Wildman–Crippen LogP) is 6.35. The summed E-state index contributed by atoms with van der Waals surface area (Å²) in [7, 11) is 0. The maximum atomic E-state index is 6.53. The summed E-state index contributed by atoms with van der Waals surface area (Å²) in [5.74, 6) is 1.68. The van der Waals surface area contributed by atoms with Crippen molar-refractivity contribution in [3.63, 3.8) is 0 Å². The van der Waals surface area contributed by atoms with Crippen LogP contribution in [0, 0.1) is 0 Å². The summed E-state index contributed by atoms with van der Waals surface area (Å²) in [5.41, 5.74) is 4.08. The Balaban J connectivity index is 1.44. The maximum Gasteiger partial charge on any atom is 0.145 e. The van der Waals surface area contributed by atoms with Gasteiger partial charge in [0.15, 0.2) is 0 Å². The molecule has 0 aliphatic carbocycles. The smallest absolute Gasteiger partial charge is 0.145 e. The number of fused-ring (bicyclic) bond motifs is 1. The van der Waals surface area contributed by atoms with E-state index in [1.807, 2.05) is 24.3 Å². The fourth-order valence-electron chi connectivity index (χ4n) is 4.54. The van der Waals surface area contributed by atoms with E-state index in [0.29, 0.717) is 11.8 Å². The summed E-state index contributed by atoms with van der Waals surface area (Å²) in [6.07, 6.45) is 4.61. The zero-order chi connectivity index (χ0) is 23.5. The fourth-order valence-corrected chi connectivity index (χ4v) is 4.77. The molecule has 2 aromatic carbocycles. The molecule has 7 heteroatoms. The van der Waals surface area contributed by atoms with Gasteiger partial charge >= 0.3 is 0 Å². The van der Waals surface area contributed by atoms with Gasteiger partial charge in [0, 0.05) is 30.5 Å². The molecule has 3 heterocycles. The standard InChI is InChI=1S/C27H29ClN4O2/c1-3-31(4-2)15-20-7-5-6-8-24(20)34-22-11-9-19(10-12-22)23-16-32(21-13-14-33-17-21)27-25(23)26(28)29-18-30-27/h5-12,16,18,21H,3-4,13-15,17H2,1-2H3. The molecule has 1 atom stereocenters. The van der Waals surface area contributed by atoms with Crippen LogP contribution < -0.4 is 4.74 Å². The number of hydrogen-bond acceptors (Lipinski definition) is 5. The third-order valence-electron chi connectivity index (χ3n) is 6.52. The first kappa shape index (κ1) is 22.8. The Morgan fingerprint density at radius 1 is 1.09 bits per heavy atom. The zero-order valence-electron chi connectivity index (χ0n) is 19.6. The molecule has 6 nitrogen and oxygen atoms in total. The van der Waals surface area contributed by atoms with Crippen LogP contribution in [0.2, 0.25) is 5.15 Å². The summed E-state index contributed by atoms with van der Waals surface area (Å²) < 4.78 is 14.1. The molecule has 0 bridgehead atoms. The maximum absolute atomic E-state index is 6.53. The van der Waals surface area contributed by atoms with E-state index in [4.69, 9.17) is 21.1 Å². The number of para-hydroxylation sites is 1. The quantitative estimate of drug-likeness (QED) is 0.277. The van der Waals surface area contributed by atoms with Crippen molar-refractivity contribution < 1.29 is 9.47 Å². The van der Waals surface area contributed by atoms with E-state index < -0.39 is 0 Å². The van der Waals surface area contributed by atoms with Gasteiger partial charge in [0.1, 0.15) is 28.6 Å². The number of benzene rings is 2. The van der Waals surface area contributed by atoms with Crippen LogP contribution in [-0.2, 0) is 11.3 Å². The Hall–Kier alpha value is -2.93. The van der Waals surface area contributed by atoms with Crippen molar-refractivity contribution >= 4 is 22.6 Å². The van der Waals surface area contributed by atoms with Gasteiger partial charge in [-0.3, -0.25) is 4.90 Å². The van der Waals surface area contributed by atoms with Crippen molar-refractivity contribution in [2.24, 2.45) is 0 Å². The summed E-state index contributed by atoms with van der Waals surface area (Å²) in [4.78, 5) is 11.1. The number of aromatic nitrogens is 3. The minimum Gasteiger partial charge on any atom is -0.457 e. The van der Waals surface area contributed by atoms with E-state index in [0.717, 1.165) is 66.3 Å². The van der Waals surface area contributed by atoms with Crippen LogP contribution in [0.5, 0.6) is 11.5 Å². The van der Waals surface area contributed by atoms with Gasteiger partial charge in [-0.25, -0.2) is 9.97 Å².